The highest BCUT2D eigenvalue weighted by atomic mass is 79.9. The number of methoxy groups -OCH3 is 1. The number of benzene rings is 3. The van der Waals surface area contributed by atoms with Crippen LogP contribution in [0.2, 0.25) is 0 Å². The number of carbonyl (C=O) groups is 6. The number of hydrogen-bond acceptors (Lipinski definition) is 13. The Morgan fingerprint density at radius 3 is 2.33 bits per heavy atom. The molecule has 3 aliphatic heterocycles. The molecule has 1 aromatic heterocycles. The Morgan fingerprint density at radius 1 is 0.899 bits per heavy atom. The van der Waals surface area contributed by atoms with Crippen molar-refractivity contribution in [3.05, 3.63) is 105 Å². The average Bonchev–Trinajstić information content (AvgIpc) is 3.67. The summed E-state index contributed by atoms with van der Waals surface area (Å²) in [4.78, 5) is 91.0. The molecule has 69 heavy (non-hydrogen) atoms. The summed E-state index contributed by atoms with van der Waals surface area (Å²) < 4.78 is 23.7. The molecule has 4 heterocycles. The second-order valence-corrected chi connectivity index (χ2v) is 17.8. The Morgan fingerprint density at radius 2 is 1.62 bits per heavy atom. The Balaban J connectivity index is 0.00000782. The molecule has 19 heteroatoms. The molecule has 1 saturated heterocycles. The Hall–Kier alpha value is -5.79. The van der Waals surface area contributed by atoms with Gasteiger partial charge in [-0.15, -0.1) is 12.4 Å². The lowest BCUT2D eigenvalue weighted by Gasteiger charge is -2.40. The zero-order valence-electron chi connectivity index (χ0n) is 39.1. The number of imide groups is 1. The fourth-order valence-corrected chi connectivity index (χ4v) is 8.85. The van der Waals surface area contributed by atoms with E-state index in [9.17, 15) is 28.8 Å². The largest absolute Gasteiger partial charge is 0.496 e. The predicted octanol–water partition coefficient (Wildman–Crippen LogP) is 6.60. The van der Waals surface area contributed by atoms with Crippen LogP contribution in [0.4, 0.5) is 17.2 Å². The van der Waals surface area contributed by atoms with E-state index in [-0.39, 0.29) is 73.7 Å². The quantitative estimate of drug-likeness (QED) is 0.0433. The number of likely N-dealkylation sites (N-methyl/N-ethyl adjacent to an activating group) is 1. The van der Waals surface area contributed by atoms with Crippen LogP contribution < -0.4 is 25.2 Å². The minimum atomic E-state index is -0.722. The first-order chi connectivity index (χ1) is 32.9. The van der Waals surface area contributed by atoms with Crippen LogP contribution in [0.25, 0.3) is 0 Å². The smallest absolute Gasteiger partial charge is 0.255 e. The van der Waals surface area contributed by atoms with Gasteiger partial charge in [-0.1, -0.05) is 53.2 Å². The number of rotatable bonds is 24. The number of aromatic nitrogens is 2. The molecule has 2 N–H and O–H groups in total. The lowest BCUT2D eigenvalue weighted by molar-refractivity contribution is -0.137. The van der Waals surface area contributed by atoms with E-state index >= 15 is 0 Å². The number of amides is 5. The van der Waals surface area contributed by atoms with E-state index in [4.69, 9.17) is 23.9 Å². The number of ether oxygens (including phenoxy) is 4. The van der Waals surface area contributed by atoms with Crippen LogP contribution in [-0.4, -0.2) is 116 Å². The summed E-state index contributed by atoms with van der Waals surface area (Å²) in [5, 5.41) is 5.21. The van der Waals surface area contributed by atoms with Crippen molar-refractivity contribution in [1.82, 2.24) is 20.2 Å². The maximum Gasteiger partial charge on any atom is 0.255 e. The summed E-state index contributed by atoms with van der Waals surface area (Å²) in [6.45, 7) is 5.17. The summed E-state index contributed by atoms with van der Waals surface area (Å²) in [6.07, 6.45) is 5.58. The molecular weight excluding hydrogens is 974 g/mol. The predicted molar refractivity (Wildman–Crippen MR) is 264 cm³/mol. The van der Waals surface area contributed by atoms with Crippen LogP contribution in [0.15, 0.2) is 71.3 Å². The van der Waals surface area contributed by atoms with Gasteiger partial charge >= 0.3 is 0 Å². The minimum Gasteiger partial charge on any atom is -0.496 e. The van der Waals surface area contributed by atoms with Gasteiger partial charge in [-0.05, 0) is 68.0 Å². The lowest BCUT2D eigenvalue weighted by atomic mass is 10.0. The third kappa shape index (κ3) is 13.3. The van der Waals surface area contributed by atoms with Crippen molar-refractivity contribution in [2.45, 2.75) is 89.9 Å². The number of ketones is 1. The molecular formula is C50H59BrClN7O10. The van der Waals surface area contributed by atoms with Crippen molar-refractivity contribution in [1.29, 1.82) is 0 Å². The number of hydrogen-bond donors (Lipinski definition) is 2. The number of anilines is 3. The minimum absolute atomic E-state index is 0. The van der Waals surface area contributed by atoms with Crippen LogP contribution in [-0.2, 0) is 52.9 Å². The van der Waals surface area contributed by atoms with Crippen LogP contribution in [0, 0.1) is 0 Å². The molecule has 0 bridgehead atoms. The van der Waals surface area contributed by atoms with Crippen molar-refractivity contribution >= 4 is 80.8 Å². The highest BCUT2D eigenvalue weighted by Gasteiger charge is 2.40. The van der Waals surface area contributed by atoms with Crippen molar-refractivity contribution in [3.8, 4) is 5.75 Å². The third-order valence-corrected chi connectivity index (χ3v) is 12.8. The van der Waals surface area contributed by atoms with Crippen molar-refractivity contribution in [3.63, 3.8) is 0 Å². The molecule has 3 aromatic carbocycles. The van der Waals surface area contributed by atoms with E-state index in [1.807, 2.05) is 37.3 Å². The highest BCUT2D eigenvalue weighted by molar-refractivity contribution is 9.10. The maximum absolute atomic E-state index is 13.3. The first kappa shape index (κ1) is 52.6. The second kappa shape index (κ2) is 25.2. The summed E-state index contributed by atoms with van der Waals surface area (Å²) in [5.41, 5.74) is 4.74. The van der Waals surface area contributed by atoms with E-state index in [0.29, 0.717) is 130 Å². The number of Topliss-reactive ketones (excluding diaryl/α,β-unsaturated/α-hetero) is 1. The van der Waals surface area contributed by atoms with Crippen LogP contribution in [0.5, 0.6) is 5.75 Å². The average molecular weight is 1030 g/mol. The summed E-state index contributed by atoms with van der Waals surface area (Å²) in [5.74, 6) is 0.532. The lowest BCUT2D eigenvalue weighted by Crippen LogP contribution is -2.52. The molecule has 17 nitrogen and oxygen atoms in total. The fraction of sp³-hybridized carbons (Fsp3) is 0.440. The SMILES string of the molecule is CC[C@@H]1C(=O)N(C)c2cnc(Cc3ccc(C(=O)CCCOCCOCCOCCCCC(=O)Nc4cccc5c4CN(C4CCC(=O)NC4=O)C5=O)cc3OC)nc2N1Cc1ccc(Br)cc1.Cl. The first-order valence-electron chi connectivity index (χ1n) is 23.1. The van der Waals surface area contributed by atoms with E-state index in [2.05, 4.69) is 36.4 Å². The second-order valence-electron chi connectivity index (χ2n) is 16.9. The van der Waals surface area contributed by atoms with Gasteiger partial charge in [-0.3, -0.25) is 34.1 Å². The van der Waals surface area contributed by atoms with Crippen LogP contribution >= 0.6 is 28.3 Å². The number of carbonyl (C=O) groups excluding carboxylic acids is 6. The Kier molecular flexibility index (Phi) is 19.2. The highest BCUT2D eigenvalue weighted by Crippen LogP contribution is 2.37. The topological polar surface area (TPSA) is 199 Å². The number of fused-ring (bicyclic) bond motifs is 2. The van der Waals surface area contributed by atoms with E-state index in [0.717, 1.165) is 15.6 Å². The zero-order valence-corrected chi connectivity index (χ0v) is 41.5. The molecule has 368 valence electrons. The maximum atomic E-state index is 13.3. The normalized spacial score (nSPS) is 16.5. The van der Waals surface area contributed by atoms with Gasteiger partial charge in [0.25, 0.3) is 5.91 Å². The van der Waals surface area contributed by atoms with E-state index < -0.39 is 11.9 Å². The molecule has 2 atom stereocenters. The number of nitrogens with one attached hydrogen (secondary N) is 2. The van der Waals surface area contributed by atoms with Gasteiger partial charge in [0.05, 0.1) is 39.7 Å². The number of unbranched alkanes of at least 4 members (excludes halogenated alkanes) is 1. The van der Waals surface area contributed by atoms with Crippen LogP contribution in [0.3, 0.4) is 0 Å². The molecule has 4 aromatic rings. The molecule has 7 rings (SSSR count). The molecule has 0 radical (unpaired) electrons. The molecule has 1 unspecified atom stereocenters. The van der Waals surface area contributed by atoms with Gasteiger partial charge in [-0.2, -0.15) is 0 Å². The van der Waals surface area contributed by atoms with Gasteiger partial charge < -0.3 is 39.0 Å². The van der Waals surface area contributed by atoms with Gasteiger partial charge in [-0.25, -0.2) is 9.97 Å². The summed E-state index contributed by atoms with van der Waals surface area (Å²) in [6, 6.07) is 17.5. The molecule has 0 spiro atoms. The van der Waals surface area contributed by atoms with Gasteiger partial charge in [0.1, 0.15) is 29.3 Å². The van der Waals surface area contributed by atoms with E-state index in [1.165, 1.54) is 4.90 Å². The molecule has 5 amide bonds. The van der Waals surface area contributed by atoms with E-state index in [1.54, 1.807) is 55.6 Å². The Bertz CT molecular complexity index is 2490. The molecule has 0 saturated carbocycles. The van der Waals surface area contributed by atoms with Crippen molar-refractivity contribution in [2.24, 2.45) is 0 Å². The Labute approximate surface area is 416 Å². The number of nitrogens with zero attached hydrogens (tertiary/aromatic N) is 5. The van der Waals surface area contributed by atoms with Crippen molar-refractivity contribution < 1.29 is 47.7 Å². The standard InChI is InChI=1S/C50H58BrN7O10.ClH/c1-4-39-50(64)56(2)41-29-52-44(54-47(41)57(39)30-32-13-17-35(51)18-14-32)28-34-16-15-33(27-43(34)65-3)42(59)11-8-22-67-24-26-68-25-23-66-21-6-5-12-45(60)53-38-10-7-9-36-37(38)31-58(49(36)63)40-19-20-46(61)55-48(40)62;/h7,9-10,13-18,27,29,39-40H,4-6,8,11-12,19-26,28,30-31H2,1-3H3,(H,53,60)(H,55,61,62);1H/t39-,40?;/m1./s1. The number of halogens is 2. The fourth-order valence-electron chi connectivity index (χ4n) is 8.59. The monoisotopic (exact) mass is 1030 g/mol. The van der Waals surface area contributed by atoms with Gasteiger partial charge in [0.15, 0.2) is 11.6 Å². The van der Waals surface area contributed by atoms with Gasteiger partial charge in [0, 0.05) is 91.4 Å². The molecule has 0 aliphatic carbocycles. The number of piperidine rings is 1. The van der Waals surface area contributed by atoms with Crippen molar-refractivity contribution in [2.75, 3.05) is 68.9 Å². The van der Waals surface area contributed by atoms with Gasteiger partial charge in [0.2, 0.25) is 23.6 Å². The third-order valence-electron chi connectivity index (χ3n) is 12.3. The zero-order chi connectivity index (χ0) is 48.2. The summed E-state index contributed by atoms with van der Waals surface area (Å²) in [7, 11) is 3.34. The molecule has 1 fully saturated rings. The van der Waals surface area contributed by atoms with Crippen LogP contribution in [0.1, 0.15) is 102 Å². The summed E-state index contributed by atoms with van der Waals surface area (Å²) >= 11 is 3.50. The first-order valence-corrected chi connectivity index (χ1v) is 23.9. The molecule has 3 aliphatic rings.